The molecule has 2 aliphatic rings. The van der Waals surface area contributed by atoms with Gasteiger partial charge in [-0.05, 0) is 49.7 Å². The maximum absolute atomic E-state index is 9.70. The van der Waals surface area contributed by atoms with E-state index in [0.29, 0.717) is 5.92 Å². The molecule has 1 aliphatic carbocycles. The minimum atomic E-state index is -0.219. The first-order valence-corrected chi connectivity index (χ1v) is 6.92. The second-order valence-electron chi connectivity index (χ2n) is 5.36. The fourth-order valence-corrected chi connectivity index (χ4v) is 3.09. The van der Waals surface area contributed by atoms with E-state index in [-0.39, 0.29) is 6.10 Å². The third-order valence-electron chi connectivity index (χ3n) is 4.02. The first-order chi connectivity index (χ1) is 8.83. The summed E-state index contributed by atoms with van der Waals surface area (Å²) in [6.07, 6.45) is 7.22. The van der Waals surface area contributed by atoms with E-state index >= 15 is 0 Å². The fourth-order valence-electron chi connectivity index (χ4n) is 3.09. The van der Waals surface area contributed by atoms with Gasteiger partial charge in [0, 0.05) is 0 Å². The molecule has 2 nitrogen and oxygen atoms in total. The summed E-state index contributed by atoms with van der Waals surface area (Å²) in [7, 11) is 0. The predicted octanol–water partition coefficient (Wildman–Crippen LogP) is 3.41. The Morgan fingerprint density at radius 3 is 3.00 bits per heavy atom. The Balaban J connectivity index is 1.78. The van der Waals surface area contributed by atoms with Gasteiger partial charge in [0.25, 0.3) is 0 Å². The highest BCUT2D eigenvalue weighted by molar-refractivity contribution is 5.38. The van der Waals surface area contributed by atoms with Crippen LogP contribution < -0.4 is 4.74 Å². The van der Waals surface area contributed by atoms with Crippen LogP contribution in [0.4, 0.5) is 0 Å². The fraction of sp³-hybridized carbons (Fsp3) is 0.500. The van der Waals surface area contributed by atoms with Gasteiger partial charge < -0.3 is 9.84 Å². The van der Waals surface area contributed by atoms with Gasteiger partial charge in [-0.25, -0.2) is 0 Å². The number of para-hydroxylation sites is 1. The number of fused-ring (bicyclic) bond motifs is 1. The van der Waals surface area contributed by atoms with Gasteiger partial charge in [-0.15, -0.1) is 0 Å². The van der Waals surface area contributed by atoms with Crippen LogP contribution in [0.15, 0.2) is 35.9 Å². The molecule has 1 aromatic carbocycles. The van der Waals surface area contributed by atoms with Crippen molar-refractivity contribution >= 4 is 0 Å². The Morgan fingerprint density at radius 1 is 1.22 bits per heavy atom. The van der Waals surface area contributed by atoms with Crippen LogP contribution in [-0.4, -0.2) is 17.8 Å². The van der Waals surface area contributed by atoms with Crippen molar-refractivity contribution in [1.29, 1.82) is 0 Å². The lowest BCUT2D eigenvalue weighted by Gasteiger charge is -2.28. The van der Waals surface area contributed by atoms with E-state index in [9.17, 15) is 5.11 Å². The van der Waals surface area contributed by atoms with Crippen molar-refractivity contribution in [2.24, 2.45) is 0 Å². The van der Waals surface area contributed by atoms with E-state index in [1.807, 2.05) is 6.07 Å². The highest BCUT2D eigenvalue weighted by atomic mass is 16.5. The Hall–Kier alpha value is -1.28. The summed E-state index contributed by atoms with van der Waals surface area (Å²) in [6, 6.07) is 8.36. The van der Waals surface area contributed by atoms with Crippen LogP contribution in [0.1, 0.15) is 43.6 Å². The second-order valence-corrected chi connectivity index (χ2v) is 5.36. The van der Waals surface area contributed by atoms with Crippen LogP contribution >= 0.6 is 0 Å². The van der Waals surface area contributed by atoms with Crippen LogP contribution in [0, 0.1) is 0 Å². The number of benzene rings is 1. The van der Waals surface area contributed by atoms with Gasteiger partial charge in [0.05, 0.1) is 12.7 Å². The molecule has 0 saturated carbocycles. The van der Waals surface area contributed by atoms with Gasteiger partial charge in [0.15, 0.2) is 0 Å². The number of aliphatic hydroxyl groups is 1. The minimum Gasteiger partial charge on any atom is -0.493 e. The monoisotopic (exact) mass is 244 g/mol. The lowest BCUT2D eigenvalue weighted by Crippen LogP contribution is -2.16. The SMILES string of the molecule is OC1C=C(CC2CCOc3ccccc32)CCC1. The van der Waals surface area contributed by atoms with E-state index in [0.717, 1.165) is 44.5 Å². The molecule has 1 N–H and O–H groups in total. The molecule has 2 heteroatoms. The molecule has 96 valence electrons. The van der Waals surface area contributed by atoms with Crippen molar-refractivity contribution in [2.75, 3.05) is 6.61 Å². The van der Waals surface area contributed by atoms with E-state index in [1.165, 1.54) is 11.1 Å². The van der Waals surface area contributed by atoms with E-state index in [1.54, 1.807) is 0 Å². The molecule has 0 saturated heterocycles. The molecule has 1 aromatic rings. The van der Waals surface area contributed by atoms with Gasteiger partial charge in [-0.1, -0.05) is 29.8 Å². The van der Waals surface area contributed by atoms with Gasteiger partial charge in [0.1, 0.15) is 5.75 Å². The quantitative estimate of drug-likeness (QED) is 0.808. The zero-order chi connectivity index (χ0) is 12.4. The van der Waals surface area contributed by atoms with Gasteiger partial charge in [-0.2, -0.15) is 0 Å². The number of allylic oxidation sites excluding steroid dienone is 1. The second kappa shape index (κ2) is 5.15. The molecule has 0 radical (unpaired) electrons. The van der Waals surface area contributed by atoms with E-state index in [2.05, 4.69) is 24.3 Å². The predicted molar refractivity (Wildman–Crippen MR) is 71.9 cm³/mol. The molecule has 1 aliphatic heterocycles. The topological polar surface area (TPSA) is 29.5 Å². The maximum Gasteiger partial charge on any atom is 0.122 e. The highest BCUT2D eigenvalue weighted by Crippen LogP contribution is 2.38. The van der Waals surface area contributed by atoms with Gasteiger partial charge in [0.2, 0.25) is 0 Å². The molecular formula is C16H20O2. The zero-order valence-corrected chi connectivity index (χ0v) is 10.6. The molecule has 0 spiro atoms. The summed E-state index contributed by atoms with van der Waals surface area (Å²) in [4.78, 5) is 0. The zero-order valence-electron chi connectivity index (χ0n) is 10.6. The first-order valence-electron chi connectivity index (χ1n) is 6.92. The number of aliphatic hydroxyl groups excluding tert-OH is 1. The summed E-state index contributed by atoms with van der Waals surface area (Å²) in [5, 5.41) is 9.70. The third-order valence-corrected chi connectivity index (χ3v) is 4.02. The van der Waals surface area contributed by atoms with Crippen molar-refractivity contribution in [2.45, 2.75) is 44.1 Å². The average molecular weight is 244 g/mol. The van der Waals surface area contributed by atoms with Gasteiger partial charge >= 0.3 is 0 Å². The van der Waals surface area contributed by atoms with Crippen LogP contribution in [0.25, 0.3) is 0 Å². The number of hydrogen-bond donors (Lipinski definition) is 1. The number of ether oxygens (including phenoxy) is 1. The third kappa shape index (κ3) is 2.44. The van der Waals surface area contributed by atoms with Crippen molar-refractivity contribution in [3.05, 3.63) is 41.5 Å². The maximum atomic E-state index is 9.70. The lowest BCUT2D eigenvalue weighted by molar-refractivity contribution is 0.200. The van der Waals surface area contributed by atoms with Crippen LogP contribution in [-0.2, 0) is 0 Å². The average Bonchev–Trinajstić information content (AvgIpc) is 2.39. The van der Waals surface area contributed by atoms with Crippen LogP contribution in [0.2, 0.25) is 0 Å². The first kappa shape index (κ1) is 11.8. The van der Waals surface area contributed by atoms with Crippen molar-refractivity contribution in [3.8, 4) is 5.75 Å². The van der Waals surface area contributed by atoms with E-state index < -0.39 is 0 Å². The minimum absolute atomic E-state index is 0.219. The number of rotatable bonds is 2. The molecule has 1 heterocycles. The van der Waals surface area contributed by atoms with E-state index in [4.69, 9.17) is 4.74 Å². The Kier molecular flexibility index (Phi) is 3.37. The van der Waals surface area contributed by atoms with Crippen molar-refractivity contribution < 1.29 is 9.84 Å². The highest BCUT2D eigenvalue weighted by Gasteiger charge is 2.23. The largest absolute Gasteiger partial charge is 0.493 e. The molecule has 0 bridgehead atoms. The summed E-state index contributed by atoms with van der Waals surface area (Å²) in [6.45, 7) is 0.817. The molecule has 0 fully saturated rings. The Morgan fingerprint density at radius 2 is 2.11 bits per heavy atom. The lowest BCUT2D eigenvalue weighted by atomic mass is 9.84. The van der Waals surface area contributed by atoms with Crippen LogP contribution in [0.5, 0.6) is 5.75 Å². The summed E-state index contributed by atoms with van der Waals surface area (Å²) in [5.41, 5.74) is 2.76. The van der Waals surface area contributed by atoms with Crippen LogP contribution in [0.3, 0.4) is 0 Å². The molecule has 3 rings (SSSR count). The van der Waals surface area contributed by atoms with Crippen molar-refractivity contribution in [1.82, 2.24) is 0 Å². The molecule has 2 atom stereocenters. The molecule has 0 amide bonds. The Labute approximate surface area is 108 Å². The number of hydrogen-bond acceptors (Lipinski definition) is 2. The Bertz CT molecular complexity index is 450. The molecule has 0 aromatic heterocycles. The standard InChI is InChI=1S/C16H20O2/c17-14-5-3-4-12(11-14)10-13-8-9-18-16-7-2-1-6-15(13)16/h1-2,6-7,11,13-14,17H,3-5,8-10H2. The molecule has 2 unspecified atom stereocenters. The smallest absolute Gasteiger partial charge is 0.122 e. The molecular weight excluding hydrogens is 224 g/mol. The summed E-state index contributed by atoms with van der Waals surface area (Å²) >= 11 is 0. The summed E-state index contributed by atoms with van der Waals surface area (Å²) in [5.74, 6) is 1.61. The molecule has 18 heavy (non-hydrogen) atoms. The summed E-state index contributed by atoms with van der Waals surface area (Å²) < 4.78 is 5.70. The van der Waals surface area contributed by atoms with Crippen molar-refractivity contribution in [3.63, 3.8) is 0 Å². The normalized spacial score (nSPS) is 27.1. The van der Waals surface area contributed by atoms with Gasteiger partial charge in [-0.3, -0.25) is 0 Å².